The fraction of sp³-hybridized carbons (Fsp3) is 0.969. The van der Waals surface area contributed by atoms with Gasteiger partial charge < -0.3 is 23.7 Å². The predicted molar refractivity (Wildman–Crippen MR) is 148 cm³/mol. The molecule has 4 aliphatic rings. The lowest BCUT2D eigenvalue weighted by Crippen LogP contribution is -2.62. The Balaban J connectivity index is 1.70. The van der Waals surface area contributed by atoms with Gasteiger partial charge in [-0.1, -0.05) is 47.5 Å². The van der Waals surface area contributed by atoms with Crippen LogP contribution in [0.4, 0.5) is 0 Å². The number of hydrogen-bond donors (Lipinski definition) is 0. The van der Waals surface area contributed by atoms with E-state index in [2.05, 4.69) is 34.6 Å². The molecule has 3 unspecified atom stereocenters. The molecule has 6 nitrogen and oxygen atoms in total. The topological polar surface area (TPSA) is 63.2 Å². The predicted octanol–water partition coefficient (Wildman–Crippen LogP) is 6.70. The lowest BCUT2D eigenvalue weighted by Gasteiger charge is -2.65. The first-order valence-electron chi connectivity index (χ1n) is 15.5. The third-order valence-corrected chi connectivity index (χ3v) is 12.0. The van der Waals surface area contributed by atoms with Crippen molar-refractivity contribution in [2.45, 2.75) is 105 Å². The van der Waals surface area contributed by atoms with E-state index in [0.29, 0.717) is 61.1 Å². The number of hydrogen-bond acceptors (Lipinski definition) is 6. The Morgan fingerprint density at radius 1 is 0.947 bits per heavy atom. The molecule has 0 aromatic heterocycles. The summed E-state index contributed by atoms with van der Waals surface area (Å²) < 4.78 is 29.5. The molecule has 0 aromatic carbocycles. The van der Waals surface area contributed by atoms with Crippen LogP contribution in [0.5, 0.6) is 0 Å². The van der Waals surface area contributed by atoms with Crippen molar-refractivity contribution in [1.82, 2.24) is 0 Å². The lowest BCUT2D eigenvalue weighted by molar-refractivity contribution is -0.231. The van der Waals surface area contributed by atoms with E-state index in [4.69, 9.17) is 23.7 Å². The van der Waals surface area contributed by atoms with Crippen molar-refractivity contribution >= 4 is 5.97 Å². The highest BCUT2D eigenvalue weighted by Gasteiger charge is 2.67. The summed E-state index contributed by atoms with van der Waals surface area (Å²) in [5.74, 6) is 4.43. The molecule has 4 saturated carbocycles. The number of ether oxygens (including phenoxy) is 5. The van der Waals surface area contributed by atoms with Gasteiger partial charge in [0.1, 0.15) is 13.6 Å². The van der Waals surface area contributed by atoms with Crippen molar-refractivity contribution in [3.05, 3.63) is 0 Å². The van der Waals surface area contributed by atoms with Gasteiger partial charge in [0.25, 0.3) is 0 Å². The smallest absolute Gasteiger partial charge is 0.302 e. The molecule has 0 aromatic rings. The van der Waals surface area contributed by atoms with Gasteiger partial charge in [0.05, 0.1) is 18.8 Å². The molecule has 0 N–H and O–H groups in total. The van der Waals surface area contributed by atoms with Crippen LogP contribution in [0.1, 0.15) is 92.9 Å². The maximum Gasteiger partial charge on any atom is 0.302 e. The van der Waals surface area contributed by atoms with Crippen LogP contribution in [0.3, 0.4) is 0 Å². The minimum Gasteiger partial charge on any atom is -0.466 e. The molecular weight excluding hydrogens is 480 g/mol. The molecule has 0 aliphatic heterocycles. The first-order chi connectivity index (χ1) is 18.1. The van der Waals surface area contributed by atoms with E-state index in [9.17, 15) is 4.79 Å². The summed E-state index contributed by atoms with van der Waals surface area (Å²) in [5.41, 5.74) is 0.543. The highest BCUT2D eigenvalue weighted by Crippen LogP contribution is 2.70. The number of carbonyl (C=O) groups excluding carboxylic acids is 1. The van der Waals surface area contributed by atoms with Crippen molar-refractivity contribution in [2.75, 3.05) is 34.4 Å². The second kappa shape index (κ2) is 12.4. The van der Waals surface area contributed by atoms with Crippen LogP contribution in [0.2, 0.25) is 0 Å². The van der Waals surface area contributed by atoms with E-state index in [1.807, 2.05) is 0 Å². The molecule has 220 valence electrons. The van der Waals surface area contributed by atoms with Gasteiger partial charge in [0, 0.05) is 21.1 Å². The first kappa shape index (κ1) is 30.3. The van der Waals surface area contributed by atoms with Gasteiger partial charge in [-0.15, -0.1) is 0 Å². The number of rotatable bonds is 11. The summed E-state index contributed by atoms with van der Waals surface area (Å²) in [6.45, 7) is 15.0. The van der Waals surface area contributed by atoms with Crippen LogP contribution in [0.25, 0.3) is 0 Å². The summed E-state index contributed by atoms with van der Waals surface area (Å²) in [6, 6.07) is 0. The highest BCUT2D eigenvalue weighted by molar-refractivity contribution is 5.65. The standard InChI is InChI=1S/C32H56O6/c1-9-23-25-16-20(2)10-13-31(25,5)24-11-14-32(6)26(28(24)30(23)38-19-35-8)17-27(37-18-34-7)29(32)21(3)12-15-36-22(4)33/h20-21,23-30H,9-19H2,1-8H3/t20-,21-,23-,24?,25+,26?,27+,28?,29+,30-,31-,32+/m1/s1. The van der Waals surface area contributed by atoms with Gasteiger partial charge in [-0.05, 0) is 96.7 Å². The second-order valence-corrected chi connectivity index (χ2v) is 13.9. The normalized spacial score (nSPS) is 45.1. The molecule has 0 saturated heterocycles. The van der Waals surface area contributed by atoms with Crippen LogP contribution in [-0.4, -0.2) is 52.6 Å². The van der Waals surface area contributed by atoms with Crippen molar-refractivity contribution in [3.63, 3.8) is 0 Å². The highest BCUT2D eigenvalue weighted by atomic mass is 16.7. The Hall–Kier alpha value is -0.690. The number of esters is 1. The van der Waals surface area contributed by atoms with Crippen molar-refractivity contribution < 1.29 is 28.5 Å². The molecule has 0 spiro atoms. The Bertz CT molecular complexity index is 788. The summed E-state index contributed by atoms with van der Waals surface area (Å²) in [7, 11) is 3.47. The Labute approximate surface area is 232 Å². The van der Waals surface area contributed by atoms with Gasteiger partial charge in [-0.2, -0.15) is 0 Å². The maximum atomic E-state index is 11.5. The summed E-state index contributed by atoms with van der Waals surface area (Å²) >= 11 is 0. The Morgan fingerprint density at radius 2 is 1.63 bits per heavy atom. The molecule has 38 heavy (non-hydrogen) atoms. The molecule has 4 fully saturated rings. The fourth-order valence-corrected chi connectivity index (χ4v) is 10.5. The largest absolute Gasteiger partial charge is 0.466 e. The third-order valence-electron chi connectivity index (χ3n) is 12.0. The van der Waals surface area contributed by atoms with Gasteiger partial charge >= 0.3 is 5.97 Å². The summed E-state index contributed by atoms with van der Waals surface area (Å²) in [6.07, 6.45) is 10.0. The Kier molecular flexibility index (Phi) is 9.92. The summed E-state index contributed by atoms with van der Waals surface area (Å²) in [4.78, 5) is 11.5. The van der Waals surface area contributed by atoms with Crippen LogP contribution in [-0.2, 0) is 28.5 Å². The molecule has 0 bridgehead atoms. The van der Waals surface area contributed by atoms with Crippen molar-refractivity contribution in [3.8, 4) is 0 Å². The molecule has 0 heterocycles. The molecule has 12 atom stereocenters. The monoisotopic (exact) mass is 536 g/mol. The van der Waals surface area contributed by atoms with Gasteiger partial charge in [-0.3, -0.25) is 4.79 Å². The Morgan fingerprint density at radius 3 is 2.29 bits per heavy atom. The van der Waals surface area contributed by atoms with Gasteiger partial charge in [0.15, 0.2) is 0 Å². The minimum absolute atomic E-state index is 0.149. The van der Waals surface area contributed by atoms with Gasteiger partial charge in [0.2, 0.25) is 0 Å². The molecule has 4 aliphatic carbocycles. The third kappa shape index (κ3) is 5.45. The summed E-state index contributed by atoms with van der Waals surface area (Å²) in [5, 5.41) is 0. The van der Waals surface area contributed by atoms with Crippen LogP contribution < -0.4 is 0 Å². The lowest BCUT2D eigenvalue weighted by atomic mass is 9.41. The molecule has 0 amide bonds. The average Bonchev–Trinajstić information content (AvgIpc) is 3.18. The SMILES string of the molecule is CC[C@H]1[C@@H](OCOC)C2C3C[C@H](OCOC)[C@H]([C@H](C)CCOC(C)=O)[C@@]3(C)CCC2[C@@]2(C)CC[C@@H](C)C[C@@H]12. The zero-order valence-electron chi connectivity index (χ0n) is 25.5. The molecular formula is C32H56O6. The average molecular weight is 537 g/mol. The van der Waals surface area contributed by atoms with Crippen LogP contribution >= 0.6 is 0 Å². The number of carbonyl (C=O) groups is 1. The zero-order chi connectivity index (χ0) is 27.7. The maximum absolute atomic E-state index is 11.5. The second-order valence-electron chi connectivity index (χ2n) is 13.9. The van der Waals surface area contributed by atoms with E-state index in [1.54, 1.807) is 14.2 Å². The number of methoxy groups -OCH3 is 2. The van der Waals surface area contributed by atoms with E-state index in [1.165, 1.54) is 45.4 Å². The van der Waals surface area contributed by atoms with Crippen LogP contribution in [0, 0.1) is 58.2 Å². The number of fused-ring (bicyclic) bond motifs is 5. The van der Waals surface area contributed by atoms with E-state index < -0.39 is 0 Å². The van der Waals surface area contributed by atoms with Crippen molar-refractivity contribution in [1.29, 1.82) is 0 Å². The molecule has 0 radical (unpaired) electrons. The van der Waals surface area contributed by atoms with Gasteiger partial charge in [-0.25, -0.2) is 0 Å². The van der Waals surface area contributed by atoms with Crippen molar-refractivity contribution in [2.24, 2.45) is 58.2 Å². The van der Waals surface area contributed by atoms with E-state index in [0.717, 1.165) is 24.7 Å². The minimum atomic E-state index is -0.198. The van der Waals surface area contributed by atoms with E-state index in [-0.39, 0.29) is 23.6 Å². The van der Waals surface area contributed by atoms with Crippen LogP contribution in [0.15, 0.2) is 0 Å². The fourth-order valence-electron chi connectivity index (χ4n) is 10.5. The quantitative estimate of drug-likeness (QED) is 0.216. The molecule has 4 rings (SSSR count). The van der Waals surface area contributed by atoms with E-state index >= 15 is 0 Å². The first-order valence-corrected chi connectivity index (χ1v) is 15.5. The molecule has 6 heteroatoms. The zero-order valence-corrected chi connectivity index (χ0v) is 25.5.